The maximum atomic E-state index is 11.7. The zero-order valence-corrected chi connectivity index (χ0v) is 11.2. The first-order chi connectivity index (χ1) is 9.22. The second-order valence-electron chi connectivity index (χ2n) is 4.73. The van der Waals surface area contributed by atoms with E-state index < -0.39 is 0 Å². The minimum absolute atomic E-state index is 0.166. The summed E-state index contributed by atoms with van der Waals surface area (Å²) in [5.74, 6) is 0.926. The van der Waals surface area contributed by atoms with Crippen molar-refractivity contribution >= 4 is 17.4 Å². The van der Waals surface area contributed by atoms with Gasteiger partial charge < -0.3 is 0 Å². The molecule has 0 bridgehead atoms. The summed E-state index contributed by atoms with van der Waals surface area (Å²) in [7, 11) is 0. The molecule has 19 heavy (non-hydrogen) atoms. The van der Waals surface area contributed by atoms with E-state index >= 15 is 0 Å². The van der Waals surface area contributed by atoms with Crippen molar-refractivity contribution in [3.63, 3.8) is 0 Å². The normalized spacial score (nSPS) is 14.3. The maximum Gasteiger partial charge on any atom is 0.166 e. The number of hydrogen-bond acceptors (Lipinski definition) is 3. The number of Topliss-reactive ketones (excluding diaryl/α,β-unsaturated/α-hetero) is 1. The predicted molar refractivity (Wildman–Crippen MR) is 73.6 cm³/mol. The van der Waals surface area contributed by atoms with E-state index in [-0.39, 0.29) is 5.78 Å². The van der Waals surface area contributed by atoms with E-state index in [0.717, 1.165) is 34.9 Å². The number of hydrogen-bond donors (Lipinski definition) is 0. The fraction of sp³-hybridized carbons (Fsp3) is 0.267. The summed E-state index contributed by atoms with van der Waals surface area (Å²) >= 11 is 5.86. The minimum Gasteiger partial charge on any atom is -0.294 e. The highest BCUT2D eigenvalue weighted by molar-refractivity contribution is 6.30. The van der Waals surface area contributed by atoms with E-state index in [1.54, 1.807) is 6.20 Å². The smallest absolute Gasteiger partial charge is 0.166 e. The van der Waals surface area contributed by atoms with E-state index in [1.807, 2.05) is 24.3 Å². The first kappa shape index (κ1) is 12.3. The molecule has 0 spiro atoms. The standard InChI is InChI=1S/C15H13ClN2O/c16-11-6-4-10(5-7-11)8-15-17-9-12-13(18-15)2-1-3-14(12)19/h4-7,9H,1-3,8H2. The van der Waals surface area contributed by atoms with Gasteiger partial charge in [-0.3, -0.25) is 4.79 Å². The van der Waals surface area contributed by atoms with Crippen molar-refractivity contribution < 1.29 is 4.79 Å². The Morgan fingerprint density at radius 1 is 1.16 bits per heavy atom. The molecule has 3 nitrogen and oxygen atoms in total. The van der Waals surface area contributed by atoms with Crippen LogP contribution in [-0.4, -0.2) is 15.8 Å². The van der Waals surface area contributed by atoms with E-state index in [2.05, 4.69) is 9.97 Å². The Bertz CT molecular complexity index is 623. The molecule has 1 aliphatic rings. The molecule has 0 aliphatic heterocycles. The van der Waals surface area contributed by atoms with Crippen LogP contribution >= 0.6 is 11.6 Å². The lowest BCUT2D eigenvalue weighted by atomic mass is 9.96. The molecule has 1 heterocycles. The number of fused-ring (bicyclic) bond motifs is 1. The van der Waals surface area contributed by atoms with Crippen LogP contribution in [-0.2, 0) is 12.8 Å². The molecule has 0 unspecified atom stereocenters. The van der Waals surface area contributed by atoms with Crippen LogP contribution < -0.4 is 0 Å². The highest BCUT2D eigenvalue weighted by Gasteiger charge is 2.19. The molecule has 96 valence electrons. The Morgan fingerprint density at radius 2 is 1.95 bits per heavy atom. The van der Waals surface area contributed by atoms with Gasteiger partial charge in [0.2, 0.25) is 0 Å². The summed E-state index contributed by atoms with van der Waals surface area (Å²) in [5.41, 5.74) is 2.72. The highest BCUT2D eigenvalue weighted by Crippen LogP contribution is 2.19. The summed E-state index contributed by atoms with van der Waals surface area (Å²) in [6.45, 7) is 0. The largest absolute Gasteiger partial charge is 0.294 e. The third-order valence-electron chi connectivity index (χ3n) is 3.31. The molecule has 0 saturated heterocycles. The highest BCUT2D eigenvalue weighted by atomic mass is 35.5. The van der Waals surface area contributed by atoms with Gasteiger partial charge in [-0.05, 0) is 30.5 Å². The first-order valence-corrected chi connectivity index (χ1v) is 6.72. The minimum atomic E-state index is 0.166. The van der Waals surface area contributed by atoms with Crippen molar-refractivity contribution in [1.82, 2.24) is 9.97 Å². The van der Waals surface area contributed by atoms with Crippen molar-refractivity contribution in [1.29, 1.82) is 0 Å². The summed E-state index contributed by atoms with van der Waals surface area (Å²) in [6.07, 6.45) is 4.72. The molecule has 0 saturated carbocycles. The summed E-state index contributed by atoms with van der Waals surface area (Å²) in [5, 5.41) is 0.723. The second-order valence-corrected chi connectivity index (χ2v) is 5.16. The number of nitrogens with zero attached hydrogens (tertiary/aromatic N) is 2. The van der Waals surface area contributed by atoms with Gasteiger partial charge in [-0.1, -0.05) is 23.7 Å². The predicted octanol–water partition coefficient (Wildman–Crippen LogP) is 3.24. The van der Waals surface area contributed by atoms with Gasteiger partial charge in [-0.15, -0.1) is 0 Å². The van der Waals surface area contributed by atoms with E-state index in [9.17, 15) is 4.79 Å². The lowest BCUT2D eigenvalue weighted by Crippen LogP contribution is -2.14. The van der Waals surface area contributed by atoms with Gasteiger partial charge in [0.05, 0.1) is 11.3 Å². The third kappa shape index (κ3) is 2.66. The molecule has 0 N–H and O–H groups in total. The van der Waals surface area contributed by atoms with E-state index in [4.69, 9.17) is 11.6 Å². The molecule has 0 radical (unpaired) electrons. The third-order valence-corrected chi connectivity index (χ3v) is 3.56. The fourth-order valence-electron chi connectivity index (χ4n) is 2.30. The van der Waals surface area contributed by atoms with Crippen LogP contribution in [0, 0.1) is 0 Å². The fourth-order valence-corrected chi connectivity index (χ4v) is 2.43. The summed E-state index contributed by atoms with van der Waals surface area (Å²) in [4.78, 5) is 20.5. The van der Waals surface area contributed by atoms with Gasteiger partial charge in [0, 0.05) is 24.1 Å². The average Bonchev–Trinajstić information content (AvgIpc) is 2.42. The number of aryl methyl sites for hydroxylation is 1. The van der Waals surface area contributed by atoms with Crippen LogP contribution in [0.5, 0.6) is 0 Å². The molecule has 1 aliphatic carbocycles. The molecule has 1 aromatic heterocycles. The van der Waals surface area contributed by atoms with Crippen LogP contribution in [0.15, 0.2) is 30.5 Å². The Labute approximate surface area is 116 Å². The Morgan fingerprint density at radius 3 is 2.74 bits per heavy atom. The number of carbonyl (C=O) groups excluding carboxylic acids is 1. The lowest BCUT2D eigenvalue weighted by Gasteiger charge is -2.13. The van der Waals surface area contributed by atoms with Gasteiger partial charge in [0.15, 0.2) is 5.78 Å². The molecule has 0 fully saturated rings. The van der Waals surface area contributed by atoms with Gasteiger partial charge in [-0.25, -0.2) is 9.97 Å². The average molecular weight is 273 g/mol. The van der Waals surface area contributed by atoms with Crippen LogP contribution in [0.4, 0.5) is 0 Å². The zero-order valence-electron chi connectivity index (χ0n) is 10.4. The molecular weight excluding hydrogens is 260 g/mol. The van der Waals surface area contributed by atoms with Crippen molar-refractivity contribution in [2.45, 2.75) is 25.7 Å². The SMILES string of the molecule is O=C1CCCc2nc(Cc3ccc(Cl)cc3)ncc21. The van der Waals surface area contributed by atoms with Crippen molar-refractivity contribution in [2.24, 2.45) is 0 Å². The van der Waals surface area contributed by atoms with Crippen LogP contribution in [0.25, 0.3) is 0 Å². The van der Waals surface area contributed by atoms with Crippen LogP contribution in [0.1, 0.15) is 40.3 Å². The molecule has 2 aromatic rings. The van der Waals surface area contributed by atoms with Crippen molar-refractivity contribution in [2.75, 3.05) is 0 Å². The van der Waals surface area contributed by atoms with Gasteiger partial charge in [0.25, 0.3) is 0 Å². The van der Waals surface area contributed by atoms with Gasteiger partial charge in [0.1, 0.15) is 5.82 Å². The van der Waals surface area contributed by atoms with E-state index in [1.165, 1.54) is 0 Å². The number of ketones is 1. The summed E-state index contributed by atoms with van der Waals surface area (Å²) < 4.78 is 0. The van der Waals surface area contributed by atoms with Gasteiger partial charge in [-0.2, -0.15) is 0 Å². The topological polar surface area (TPSA) is 42.9 Å². The van der Waals surface area contributed by atoms with Crippen molar-refractivity contribution in [3.8, 4) is 0 Å². The molecular formula is C15H13ClN2O. The molecule has 4 heteroatoms. The lowest BCUT2D eigenvalue weighted by molar-refractivity contribution is 0.0971. The van der Waals surface area contributed by atoms with Crippen molar-refractivity contribution in [3.05, 3.63) is 58.1 Å². The monoisotopic (exact) mass is 272 g/mol. The maximum absolute atomic E-state index is 11.7. The number of benzene rings is 1. The number of aromatic nitrogens is 2. The first-order valence-electron chi connectivity index (χ1n) is 6.35. The number of carbonyl (C=O) groups is 1. The Balaban J connectivity index is 1.86. The van der Waals surface area contributed by atoms with E-state index in [0.29, 0.717) is 18.4 Å². The van der Waals surface area contributed by atoms with Crippen LogP contribution in [0.3, 0.4) is 0 Å². The Hall–Kier alpha value is -1.74. The molecule has 3 rings (SSSR count). The number of rotatable bonds is 2. The van der Waals surface area contributed by atoms with Gasteiger partial charge >= 0.3 is 0 Å². The summed E-state index contributed by atoms with van der Waals surface area (Å²) in [6, 6.07) is 7.66. The molecule has 1 aromatic carbocycles. The van der Waals surface area contributed by atoms with Crippen LogP contribution in [0.2, 0.25) is 5.02 Å². The second kappa shape index (κ2) is 5.10. The zero-order chi connectivity index (χ0) is 13.2. The Kier molecular flexibility index (Phi) is 3.30. The molecule has 0 amide bonds. The quantitative estimate of drug-likeness (QED) is 0.843. The number of halogens is 1. The molecule has 0 atom stereocenters.